The van der Waals surface area contributed by atoms with Gasteiger partial charge in [-0.3, -0.25) is 4.98 Å². The Balaban J connectivity index is 1.65. The molecule has 0 amide bonds. The fraction of sp³-hybridized carbons (Fsp3) is 0.423. The van der Waals surface area contributed by atoms with Gasteiger partial charge in [-0.25, -0.2) is 9.97 Å². The summed E-state index contributed by atoms with van der Waals surface area (Å²) in [4.78, 5) is 13.3. The summed E-state index contributed by atoms with van der Waals surface area (Å²) in [5.74, 6) is 1.50. The van der Waals surface area contributed by atoms with Crippen molar-refractivity contribution in [1.29, 1.82) is 0 Å². The lowest BCUT2D eigenvalue weighted by molar-refractivity contribution is 0.306. The molecular formula is C26H35N5O. The van der Waals surface area contributed by atoms with Gasteiger partial charge in [0.05, 0.1) is 5.69 Å². The van der Waals surface area contributed by atoms with Crippen LogP contribution in [-0.2, 0) is 6.61 Å². The van der Waals surface area contributed by atoms with Gasteiger partial charge in [-0.15, -0.1) is 0 Å². The first-order valence-corrected chi connectivity index (χ1v) is 11.5. The Morgan fingerprint density at radius 2 is 1.72 bits per heavy atom. The molecule has 0 radical (unpaired) electrons. The summed E-state index contributed by atoms with van der Waals surface area (Å²) in [5.41, 5.74) is 3.08. The van der Waals surface area contributed by atoms with Gasteiger partial charge in [0.25, 0.3) is 0 Å². The number of hydrogen-bond donors (Lipinski definition) is 2. The highest BCUT2D eigenvalue weighted by Gasteiger charge is 2.22. The standard InChI is InChI=1S/C26H35N5O/c1-5-7-22(18-26(3,4)29-6-2)30-25-28-17-14-24(31-25)21-8-10-23(11-9-21)32-19-20-12-15-27-16-13-20/h8-17,22,29H,5-7,18-19H2,1-4H3,(H,28,30,31). The predicted molar refractivity (Wildman–Crippen MR) is 131 cm³/mol. The molecule has 0 bridgehead atoms. The molecule has 3 aromatic rings. The minimum Gasteiger partial charge on any atom is -0.489 e. The zero-order valence-electron chi connectivity index (χ0n) is 19.6. The molecule has 3 rings (SSSR count). The lowest BCUT2D eigenvalue weighted by Gasteiger charge is -2.31. The SMILES string of the molecule is CCCC(CC(C)(C)NCC)Nc1nccc(-c2ccc(OCc3ccncc3)cc2)n1. The van der Waals surface area contributed by atoms with Crippen LogP contribution in [0, 0.1) is 0 Å². The molecular weight excluding hydrogens is 398 g/mol. The Morgan fingerprint density at radius 1 is 0.969 bits per heavy atom. The van der Waals surface area contributed by atoms with Crippen molar-refractivity contribution in [2.24, 2.45) is 0 Å². The third-order valence-corrected chi connectivity index (χ3v) is 5.34. The van der Waals surface area contributed by atoms with E-state index >= 15 is 0 Å². The fourth-order valence-electron chi connectivity index (χ4n) is 3.88. The topological polar surface area (TPSA) is 72.0 Å². The second-order valence-corrected chi connectivity index (χ2v) is 8.68. The minimum atomic E-state index is 0.0608. The number of pyridine rings is 1. The van der Waals surface area contributed by atoms with Gasteiger partial charge in [-0.05, 0) is 81.3 Å². The molecule has 0 aliphatic rings. The number of aromatic nitrogens is 3. The molecule has 0 fully saturated rings. The lowest BCUT2D eigenvalue weighted by Crippen LogP contribution is -2.43. The van der Waals surface area contributed by atoms with Crippen molar-refractivity contribution >= 4 is 5.95 Å². The second-order valence-electron chi connectivity index (χ2n) is 8.68. The molecule has 2 N–H and O–H groups in total. The molecule has 170 valence electrons. The van der Waals surface area contributed by atoms with Crippen LogP contribution < -0.4 is 15.4 Å². The quantitative estimate of drug-likeness (QED) is 0.394. The Bertz CT molecular complexity index is 944. The molecule has 0 aliphatic carbocycles. The highest BCUT2D eigenvalue weighted by atomic mass is 16.5. The van der Waals surface area contributed by atoms with E-state index in [4.69, 9.17) is 9.72 Å². The maximum atomic E-state index is 5.87. The Labute approximate surface area is 191 Å². The zero-order chi connectivity index (χ0) is 22.8. The van der Waals surface area contributed by atoms with Gasteiger partial charge in [0, 0.05) is 35.7 Å². The predicted octanol–water partition coefficient (Wildman–Crippen LogP) is 5.48. The Morgan fingerprint density at radius 3 is 2.41 bits per heavy atom. The number of benzene rings is 1. The fourth-order valence-corrected chi connectivity index (χ4v) is 3.88. The van der Waals surface area contributed by atoms with Crippen LogP contribution in [0.1, 0.15) is 52.5 Å². The number of anilines is 1. The number of nitrogens with zero attached hydrogens (tertiary/aromatic N) is 3. The van der Waals surface area contributed by atoms with Crippen molar-refractivity contribution in [3.8, 4) is 17.0 Å². The summed E-state index contributed by atoms with van der Waals surface area (Å²) in [6, 6.07) is 14.2. The van der Waals surface area contributed by atoms with Crippen LogP contribution in [0.4, 0.5) is 5.95 Å². The zero-order valence-corrected chi connectivity index (χ0v) is 19.6. The molecule has 2 aromatic heterocycles. The molecule has 0 aliphatic heterocycles. The smallest absolute Gasteiger partial charge is 0.223 e. The maximum absolute atomic E-state index is 5.87. The number of hydrogen-bond acceptors (Lipinski definition) is 6. The summed E-state index contributed by atoms with van der Waals surface area (Å²) in [7, 11) is 0. The third kappa shape index (κ3) is 7.31. The van der Waals surface area contributed by atoms with Crippen molar-refractivity contribution in [3.63, 3.8) is 0 Å². The van der Waals surface area contributed by atoms with Crippen LogP contribution in [0.5, 0.6) is 5.75 Å². The summed E-state index contributed by atoms with van der Waals surface area (Å²) in [6.45, 7) is 10.3. The average molecular weight is 434 g/mol. The summed E-state index contributed by atoms with van der Waals surface area (Å²) < 4.78 is 5.87. The van der Waals surface area contributed by atoms with Crippen molar-refractivity contribution in [2.75, 3.05) is 11.9 Å². The largest absolute Gasteiger partial charge is 0.489 e. The van der Waals surface area contributed by atoms with E-state index < -0.39 is 0 Å². The minimum absolute atomic E-state index is 0.0608. The number of rotatable bonds is 12. The van der Waals surface area contributed by atoms with Crippen molar-refractivity contribution in [1.82, 2.24) is 20.3 Å². The van der Waals surface area contributed by atoms with Crippen molar-refractivity contribution in [3.05, 3.63) is 66.6 Å². The van der Waals surface area contributed by atoms with Gasteiger partial charge in [-0.2, -0.15) is 0 Å². The van der Waals surface area contributed by atoms with E-state index in [1.807, 2.05) is 48.7 Å². The van der Waals surface area contributed by atoms with E-state index in [9.17, 15) is 0 Å². The molecule has 0 spiro atoms. The lowest BCUT2D eigenvalue weighted by atomic mass is 9.93. The van der Waals surface area contributed by atoms with Crippen LogP contribution in [-0.4, -0.2) is 33.1 Å². The Hall–Kier alpha value is -2.99. The first kappa shape index (κ1) is 23.7. The van der Waals surface area contributed by atoms with E-state index in [0.29, 0.717) is 18.6 Å². The van der Waals surface area contributed by atoms with E-state index in [0.717, 1.165) is 48.4 Å². The van der Waals surface area contributed by atoms with Crippen LogP contribution >= 0.6 is 0 Å². The molecule has 6 heteroatoms. The van der Waals surface area contributed by atoms with Crippen LogP contribution in [0.2, 0.25) is 0 Å². The van der Waals surface area contributed by atoms with Gasteiger partial charge in [0.15, 0.2) is 0 Å². The van der Waals surface area contributed by atoms with Gasteiger partial charge in [0.2, 0.25) is 5.95 Å². The highest BCUT2D eigenvalue weighted by Crippen LogP contribution is 2.23. The summed E-state index contributed by atoms with van der Waals surface area (Å²) >= 11 is 0. The van der Waals surface area contributed by atoms with Gasteiger partial charge < -0.3 is 15.4 Å². The average Bonchev–Trinajstić information content (AvgIpc) is 2.79. The maximum Gasteiger partial charge on any atom is 0.223 e. The molecule has 0 saturated carbocycles. The summed E-state index contributed by atoms with van der Waals surface area (Å²) in [5, 5.41) is 7.13. The molecule has 1 atom stereocenters. The van der Waals surface area contributed by atoms with Crippen LogP contribution in [0.15, 0.2) is 61.1 Å². The van der Waals surface area contributed by atoms with Gasteiger partial charge in [0.1, 0.15) is 12.4 Å². The Kier molecular flexibility index (Phi) is 8.56. The molecule has 1 aromatic carbocycles. The van der Waals surface area contributed by atoms with Crippen LogP contribution in [0.3, 0.4) is 0 Å². The van der Waals surface area contributed by atoms with E-state index in [1.165, 1.54) is 0 Å². The monoisotopic (exact) mass is 433 g/mol. The number of nitrogens with one attached hydrogen (secondary N) is 2. The molecule has 2 heterocycles. The highest BCUT2D eigenvalue weighted by molar-refractivity contribution is 5.61. The van der Waals surface area contributed by atoms with E-state index in [-0.39, 0.29) is 5.54 Å². The first-order chi connectivity index (χ1) is 15.5. The van der Waals surface area contributed by atoms with Gasteiger partial charge >= 0.3 is 0 Å². The molecule has 32 heavy (non-hydrogen) atoms. The van der Waals surface area contributed by atoms with Crippen molar-refractivity contribution in [2.45, 2.75) is 65.1 Å². The van der Waals surface area contributed by atoms with Crippen molar-refractivity contribution < 1.29 is 4.74 Å². The third-order valence-electron chi connectivity index (χ3n) is 5.34. The van der Waals surface area contributed by atoms with E-state index in [1.54, 1.807) is 12.4 Å². The van der Waals surface area contributed by atoms with E-state index in [2.05, 4.69) is 48.3 Å². The summed E-state index contributed by atoms with van der Waals surface area (Å²) in [6.07, 6.45) is 8.55. The normalized spacial score (nSPS) is 12.4. The van der Waals surface area contributed by atoms with Gasteiger partial charge in [-0.1, -0.05) is 20.3 Å². The molecule has 1 unspecified atom stereocenters. The molecule has 6 nitrogen and oxygen atoms in total. The van der Waals surface area contributed by atoms with Crippen LogP contribution in [0.25, 0.3) is 11.3 Å². The number of ether oxygens (including phenoxy) is 1. The second kappa shape index (κ2) is 11.6. The first-order valence-electron chi connectivity index (χ1n) is 11.5. The molecule has 0 saturated heterocycles.